The van der Waals surface area contributed by atoms with Crippen molar-refractivity contribution in [3.8, 4) is 5.75 Å². The fourth-order valence-corrected chi connectivity index (χ4v) is 2.30. The normalized spacial score (nSPS) is 10.0. The van der Waals surface area contributed by atoms with Crippen molar-refractivity contribution in [2.24, 2.45) is 0 Å². The van der Waals surface area contributed by atoms with E-state index < -0.39 is 0 Å². The molecule has 0 bridgehead atoms. The summed E-state index contributed by atoms with van der Waals surface area (Å²) in [7, 11) is 0. The Morgan fingerprint density at radius 2 is 1.71 bits per heavy atom. The van der Waals surface area contributed by atoms with E-state index in [-0.39, 0.29) is 0 Å². The molecular weight excluding hydrogens is 327 g/mol. The minimum Gasteiger partial charge on any atom is -0.492 e. The topological polar surface area (TPSA) is 33.3 Å². The van der Waals surface area contributed by atoms with Crippen LogP contribution in [0.2, 0.25) is 10.0 Å². The maximum absolute atomic E-state index is 6.11. The Kier molecular flexibility index (Phi) is 5.67. The van der Waals surface area contributed by atoms with Gasteiger partial charge in [0.2, 0.25) is 0 Å². The van der Waals surface area contributed by atoms with E-state index >= 15 is 0 Å². The molecule has 0 aromatic heterocycles. The first-order valence-electron chi connectivity index (χ1n) is 6.35. The molecule has 0 atom stereocenters. The minimum atomic E-state index is 0.409. The quantitative estimate of drug-likeness (QED) is 0.749. The summed E-state index contributed by atoms with van der Waals surface area (Å²) in [6.07, 6.45) is 0. The van der Waals surface area contributed by atoms with Crippen molar-refractivity contribution in [3.63, 3.8) is 0 Å². The zero-order chi connectivity index (χ0) is 15.2. The molecule has 0 heterocycles. The Hall–Kier alpha value is -1.49. The summed E-state index contributed by atoms with van der Waals surface area (Å²) in [6.45, 7) is 2.51. The number of hydrogen-bond donors (Lipinski definition) is 2. The van der Waals surface area contributed by atoms with Gasteiger partial charge >= 0.3 is 0 Å². The molecule has 2 aromatic rings. The largest absolute Gasteiger partial charge is 0.492 e. The lowest BCUT2D eigenvalue weighted by Gasteiger charge is -2.15. The van der Waals surface area contributed by atoms with Crippen LogP contribution in [0.5, 0.6) is 5.75 Å². The van der Waals surface area contributed by atoms with Gasteiger partial charge in [0.25, 0.3) is 0 Å². The van der Waals surface area contributed by atoms with Gasteiger partial charge in [-0.05, 0) is 43.4 Å². The summed E-state index contributed by atoms with van der Waals surface area (Å²) < 4.78 is 5.53. The SMILES string of the molecule is CCOc1ccccc1NC(=S)Nc1cccc(Cl)c1Cl. The summed E-state index contributed by atoms with van der Waals surface area (Å²) in [5.41, 5.74) is 1.44. The van der Waals surface area contributed by atoms with Gasteiger partial charge in [-0.15, -0.1) is 0 Å². The monoisotopic (exact) mass is 340 g/mol. The molecule has 2 aromatic carbocycles. The number of anilines is 2. The molecule has 3 nitrogen and oxygen atoms in total. The number of thiocarbonyl (C=S) groups is 1. The van der Waals surface area contributed by atoms with Crippen molar-refractivity contribution >= 4 is 51.9 Å². The van der Waals surface area contributed by atoms with Crippen LogP contribution in [0.3, 0.4) is 0 Å². The van der Waals surface area contributed by atoms with Gasteiger partial charge in [-0.1, -0.05) is 41.4 Å². The third-order valence-corrected chi connectivity index (χ3v) is 3.66. The number of nitrogens with one attached hydrogen (secondary N) is 2. The average molecular weight is 341 g/mol. The number of para-hydroxylation sites is 2. The van der Waals surface area contributed by atoms with E-state index in [9.17, 15) is 0 Å². The third kappa shape index (κ3) is 4.24. The molecule has 0 aliphatic rings. The fourth-order valence-electron chi connectivity index (χ4n) is 1.73. The van der Waals surface area contributed by atoms with Crippen LogP contribution in [0.15, 0.2) is 42.5 Å². The first kappa shape index (κ1) is 15.9. The van der Waals surface area contributed by atoms with Gasteiger partial charge in [0.1, 0.15) is 5.75 Å². The standard InChI is InChI=1S/C15H14Cl2N2OS/c1-2-20-13-9-4-3-7-11(13)18-15(21)19-12-8-5-6-10(16)14(12)17/h3-9H,2H2,1H3,(H2,18,19,21). The fraction of sp³-hybridized carbons (Fsp3) is 0.133. The van der Waals surface area contributed by atoms with Crippen molar-refractivity contribution in [2.45, 2.75) is 6.92 Å². The van der Waals surface area contributed by atoms with E-state index in [1.54, 1.807) is 18.2 Å². The van der Waals surface area contributed by atoms with Gasteiger partial charge in [-0.2, -0.15) is 0 Å². The minimum absolute atomic E-state index is 0.409. The Balaban J connectivity index is 2.10. The zero-order valence-electron chi connectivity index (χ0n) is 11.3. The predicted octanol–water partition coefficient (Wildman–Crippen LogP) is 5.20. The van der Waals surface area contributed by atoms with Crippen molar-refractivity contribution in [2.75, 3.05) is 17.2 Å². The van der Waals surface area contributed by atoms with Gasteiger partial charge in [0, 0.05) is 0 Å². The van der Waals surface area contributed by atoms with Crippen molar-refractivity contribution < 1.29 is 4.74 Å². The molecule has 110 valence electrons. The molecule has 0 aliphatic heterocycles. The van der Waals surface area contributed by atoms with Crippen LogP contribution in [-0.4, -0.2) is 11.7 Å². The lowest BCUT2D eigenvalue weighted by Crippen LogP contribution is -2.19. The van der Waals surface area contributed by atoms with E-state index in [1.165, 1.54) is 0 Å². The Morgan fingerprint density at radius 3 is 2.48 bits per heavy atom. The van der Waals surface area contributed by atoms with Gasteiger partial charge in [-0.25, -0.2) is 0 Å². The first-order chi connectivity index (χ1) is 10.1. The molecule has 0 saturated carbocycles. The molecule has 0 radical (unpaired) electrons. The highest BCUT2D eigenvalue weighted by Crippen LogP contribution is 2.30. The Labute approximate surface area is 139 Å². The number of benzene rings is 2. The van der Waals surface area contributed by atoms with Crippen LogP contribution >= 0.6 is 35.4 Å². The summed E-state index contributed by atoms with van der Waals surface area (Å²) in [6, 6.07) is 12.9. The van der Waals surface area contributed by atoms with Gasteiger partial charge in [0.15, 0.2) is 5.11 Å². The summed E-state index contributed by atoms with van der Waals surface area (Å²) in [4.78, 5) is 0. The molecular formula is C15H14Cl2N2OS. The van der Waals surface area contributed by atoms with E-state index in [0.29, 0.717) is 27.5 Å². The summed E-state index contributed by atoms with van der Waals surface area (Å²) >= 11 is 17.4. The number of halogens is 2. The third-order valence-electron chi connectivity index (χ3n) is 2.63. The van der Waals surface area contributed by atoms with E-state index in [1.807, 2.05) is 31.2 Å². The summed E-state index contributed by atoms with van der Waals surface area (Å²) in [5.74, 6) is 0.737. The zero-order valence-corrected chi connectivity index (χ0v) is 13.6. The van der Waals surface area contributed by atoms with Crippen LogP contribution in [-0.2, 0) is 0 Å². The highest BCUT2D eigenvalue weighted by molar-refractivity contribution is 7.80. The second-order valence-electron chi connectivity index (χ2n) is 4.11. The maximum atomic E-state index is 6.11. The van der Waals surface area contributed by atoms with Gasteiger partial charge < -0.3 is 15.4 Å². The lowest BCUT2D eigenvalue weighted by atomic mass is 10.3. The van der Waals surface area contributed by atoms with Crippen molar-refractivity contribution in [1.82, 2.24) is 0 Å². The lowest BCUT2D eigenvalue weighted by molar-refractivity contribution is 0.342. The molecule has 0 aliphatic carbocycles. The molecule has 6 heteroatoms. The molecule has 0 amide bonds. The Bertz CT molecular complexity index is 649. The predicted molar refractivity (Wildman–Crippen MR) is 93.9 cm³/mol. The number of hydrogen-bond acceptors (Lipinski definition) is 2. The summed E-state index contributed by atoms with van der Waals surface area (Å²) in [5, 5.41) is 7.41. The highest BCUT2D eigenvalue weighted by Gasteiger charge is 2.08. The highest BCUT2D eigenvalue weighted by atomic mass is 35.5. The molecule has 0 unspecified atom stereocenters. The van der Waals surface area contributed by atoms with Crippen LogP contribution in [0, 0.1) is 0 Å². The van der Waals surface area contributed by atoms with Crippen molar-refractivity contribution in [1.29, 1.82) is 0 Å². The van der Waals surface area contributed by atoms with E-state index in [4.69, 9.17) is 40.2 Å². The van der Waals surface area contributed by atoms with Crippen molar-refractivity contribution in [3.05, 3.63) is 52.5 Å². The second kappa shape index (κ2) is 7.50. The smallest absolute Gasteiger partial charge is 0.175 e. The van der Waals surface area contributed by atoms with Gasteiger partial charge in [-0.3, -0.25) is 0 Å². The van der Waals surface area contributed by atoms with E-state index in [0.717, 1.165) is 11.4 Å². The number of rotatable bonds is 4. The molecule has 0 spiro atoms. The maximum Gasteiger partial charge on any atom is 0.175 e. The second-order valence-corrected chi connectivity index (χ2v) is 5.30. The number of ether oxygens (including phenoxy) is 1. The average Bonchev–Trinajstić information content (AvgIpc) is 2.46. The van der Waals surface area contributed by atoms with Crippen LogP contribution in [0.25, 0.3) is 0 Å². The van der Waals surface area contributed by atoms with Crippen LogP contribution in [0.1, 0.15) is 6.92 Å². The molecule has 21 heavy (non-hydrogen) atoms. The molecule has 0 fully saturated rings. The molecule has 2 rings (SSSR count). The molecule has 2 N–H and O–H groups in total. The van der Waals surface area contributed by atoms with Crippen LogP contribution < -0.4 is 15.4 Å². The molecule has 0 saturated heterocycles. The van der Waals surface area contributed by atoms with Gasteiger partial charge in [0.05, 0.1) is 28.0 Å². The van der Waals surface area contributed by atoms with E-state index in [2.05, 4.69) is 10.6 Å². The Morgan fingerprint density at radius 1 is 1.05 bits per heavy atom. The first-order valence-corrected chi connectivity index (χ1v) is 7.52. The van der Waals surface area contributed by atoms with Crippen LogP contribution in [0.4, 0.5) is 11.4 Å².